The predicted octanol–water partition coefficient (Wildman–Crippen LogP) is 1.73. The number of carbonyl (C=O) groups excluding carboxylic acids is 1. The van der Waals surface area contributed by atoms with Crippen LogP contribution in [-0.2, 0) is 24.3 Å². The summed E-state index contributed by atoms with van der Waals surface area (Å²) in [5.74, 6) is 0.828. The van der Waals surface area contributed by atoms with Gasteiger partial charge in [0, 0.05) is 11.8 Å². The maximum atomic E-state index is 12.8. The van der Waals surface area contributed by atoms with E-state index < -0.39 is 0 Å². The second-order valence-corrected chi connectivity index (χ2v) is 6.73. The zero-order valence-electron chi connectivity index (χ0n) is 15.9. The van der Waals surface area contributed by atoms with E-state index in [4.69, 9.17) is 0 Å². The average molecular weight is 388 g/mol. The Hall–Kier alpha value is -3.81. The largest absolute Gasteiger partial charge is 0.347 e. The number of H-pyrrole nitrogens is 1. The number of carbonyl (C=O) groups is 1. The Morgan fingerprint density at radius 3 is 2.52 bits per heavy atom. The molecule has 0 unspecified atom stereocenters. The zero-order valence-corrected chi connectivity index (χ0v) is 15.9. The van der Waals surface area contributed by atoms with Crippen LogP contribution in [0.15, 0.2) is 59.4 Å². The summed E-state index contributed by atoms with van der Waals surface area (Å²) in [4.78, 5) is 29.4. The lowest BCUT2D eigenvalue weighted by Crippen LogP contribution is -2.34. The van der Waals surface area contributed by atoms with Crippen LogP contribution in [0.1, 0.15) is 22.9 Å². The number of aromatic amines is 1. The Morgan fingerprint density at radius 2 is 1.79 bits per heavy atom. The number of hydrogen-bond donors (Lipinski definition) is 2. The second-order valence-electron chi connectivity index (χ2n) is 6.73. The minimum absolute atomic E-state index is 0.172. The van der Waals surface area contributed by atoms with E-state index in [9.17, 15) is 9.59 Å². The normalized spacial score (nSPS) is 10.9. The molecule has 0 aliphatic carbocycles. The van der Waals surface area contributed by atoms with Crippen molar-refractivity contribution in [2.24, 2.45) is 0 Å². The van der Waals surface area contributed by atoms with E-state index in [1.807, 2.05) is 48.5 Å². The maximum Gasteiger partial charge on any atom is 0.275 e. The Morgan fingerprint density at radius 1 is 1.07 bits per heavy atom. The average Bonchev–Trinajstić information content (AvgIpc) is 3.16. The van der Waals surface area contributed by atoms with Gasteiger partial charge in [-0.05, 0) is 18.6 Å². The van der Waals surface area contributed by atoms with Gasteiger partial charge in [0.1, 0.15) is 12.4 Å². The summed E-state index contributed by atoms with van der Waals surface area (Å²) in [6.45, 7) is 1.79. The van der Waals surface area contributed by atoms with Crippen LogP contribution >= 0.6 is 0 Å². The third-order valence-electron chi connectivity index (χ3n) is 4.54. The van der Waals surface area contributed by atoms with Crippen LogP contribution < -0.4 is 10.9 Å². The summed E-state index contributed by atoms with van der Waals surface area (Å²) in [5, 5.41) is 15.3. The smallest absolute Gasteiger partial charge is 0.275 e. The number of amides is 1. The molecule has 4 aromatic rings. The summed E-state index contributed by atoms with van der Waals surface area (Å²) < 4.78 is 1.22. The minimum Gasteiger partial charge on any atom is -0.347 e. The molecule has 2 heterocycles. The number of aryl methyl sites for hydroxylation is 1. The Bertz CT molecular complexity index is 1210. The van der Waals surface area contributed by atoms with E-state index in [1.54, 1.807) is 13.0 Å². The first-order valence-corrected chi connectivity index (χ1v) is 9.27. The summed E-state index contributed by atoms with van der Waals surface area (Å²) in [7, 11) is 0. The molecular weight excluding hydrogens is 368 g/mol. The highest BCUT2D eigenvalue weighted by Gasteiger charge is 2.13. The van der Waals surface area contributed by atoms with Crippen LogP contribution in [0.3, 0.4) is 0 Å². The predicted molar refractivity (Wildman–Crippen MR) is 108 cm³/mol. The van der Waals surface area contributed by atoms with Gasteiger partial charge in [0.25, 0.3) is 5.56 Å². The molecule has 8 heteroatoms. The molecule has 0 spiro atoms. The van der Waals surface area contributed by atoms with Gasteiger partial charge in [-0.1, -0.05) is 48.5 Å². The highest BCUT2D eigenvalue weighted by atomic mass is 16.2. The van der Waals surface area contributed by atoms with Crippen LogP contribution in [0, 0.1) is 6.92 Å². The molecule has 0 aliphatic heterocycles. The van der Waals surface area contributed by atoms with Crippen LogP contribution in [0.4, 0.5) is 0 Å². The molecule has 2 aromatic carbocycles. The lowest BCUT2D eigenvalue weighted by molar-refractivity contribution is -0.122. The number of aromatic nitrogens is 5. The first kappa shape index (κ1) is 18.5. The number of hydrogen-bond acceptors (Lipinski definition) is 5. The van der Waals surface area contributed by atoms with Gasteiger partial charge in [-0.2, -0.15) is 10.2 Å². The quantitative estimate of drug-likeness (QED) is 0.523. The Labute approximate surface area is 166 Å². The molecule has 4 rings (SSSR count). The fourth-order valence-corrected chi connectivity index (χ4v) is 3.17. The third-order valence-corrected chi connectivity index (χ3v) is 4.54. The Balaban J connectivity index is 1.60. The van der Waals surface area contributed by atoms with Crippen LogP contribution in [-0.4, -0.2) is 30.9 Å². The van der Waals surface area contributed by atoms with Gasteiger partial charge in [0.05, 0.1) is 17.6 Å². The summed E-state index contributed by atoms with van der Waals surface area (Å²) in [5.41, 5.74) is 1.55. The number of rotatable bonds is 6. The summed E-state index contributed by atoms with van der Waals surface area (Å²) >= 11 is 0. The van der Waals surface area contributed by atoms with E-state index >= 15 is 0 Å². The summed E-state index contributed by atoms with van der Waals surface area (Å²) in [6, 6.07) is 17.2. The van der Waals surface area contributed by atoms with E-state index in [-0.39, 0.29) is 24.6 Å². The van der Waals surface area contributed by atoms with Crippen molar-refractivity contribution in [3.63, 3.8) is 0 Å². The van der Waals surface area contributed by atoms with E-state index in [0.29, 0.717) is 23.5 Å². The number of fused-ring (bicyclic) bond motifs is 1. The topological polar surface area (TPSA) is 106 Å². The molecule has 0 fully saturated rings. The molecule has 2 aromatic heterocycles. The van der Waals surface area contributed by atoms with Gasteiger partial charge >= 0.3 is 0 Å². The molecule has 1 amide bonds. The van der Waals surface area contributed by atoms with Crippen molar-refractivity contribution in [3.8, 4) is 0 Å². The molecule has 0 saturated carbocycles. The lowest BCUT2D eigenvalue weighted by Gasteiger charge is -2.11. The number of benzene rings is 2. The van der Waals surface area contributed by atoms with Gasteiger partial charge in [-0.15, -0.1) is 0 Å². The molecular formula is C21H20N6O2. The molecule has 0 bridgehead atoms. The highest BCUT2D eigenvalue weighted by molar-refractivity contribution is 5.84. The lowest BCUT2D eigenvalue weighted by atomic mass is 10.0. The van der Waals surface area contributed by atoms with E-state index in [1.165, 1.54) is 4.68 Å². The molecule has 2 N–H and O–H groups in total. The molecule has 0 saturated heterocycles. The van der Waals surface area contributed by atoms with Crippen LogP contribution in [0.2, 0.25) is 0 Å². The van der Waals surface area contributed by atoms with Crippen molar-refractivity contribution in [2.45, 2.75) is 26.4 Å². The first-order valence-electron chi connectivity index (χ1n) is 9.27. The van der Waals surface area contributed by atoms with Crippen molar-refractivity contribution in [2.75, 3.05) is 0 Å². The van der Waals surface area contributed by atoms with Crippen molar-refractivity contribution in [1.29, 1.82) is 0 Å². The van der Waals surface area contributed by atoms with Gasteiger partial charge in [0.15, 0.2) is 5.82 Å². The van der Waals surface area contributed by atoms with Crippen LogP contribution in [0.25, 0.3) is 10.8 Å². The van der Waals surface area contributed by atoms with Gasteiger partial charge in [-0.25, -0.2) is 9.67 Å². The fraction of sp³-hybridized carbons (Fsp3) is 0.190. The van der Waals surface area contributed by atoms with Gasteiger partial charge in [-0.3, -0.25) is 14.7 Å². The van der Waals surface area contributed by atoms with E-state index in [2.05, 4.69) is 25.6 Å². The molecule has 0 aliphatic rings. The van der Waals surface area contributed by atoms with Crippen LogP contribution in [0.5, 0.6) is 0 Å². The fourth-order valence-electron chi connectivity index (χ4n) is 3.17. The SMILES string of the molecule is Cc1nc(CNC(=O)Cn2nc(Cc3ccccc3)c3ccccc3c2=O)n[nH]1. The molecule has 0 atom stereocenters. The minimum atomic E-state index is -0.331. The van der Waals surface area contributed by atoms with Gasteiger partial charge in [0.2, 0.25) is 5.91 Å². The number of nitrogens with one attached hydrogen (secondary N) is 2. The molecule has 146 valence electrons. The van der Waals surface area contributed by atoms with Crippen molar-refractivity contribution in [1.82, 2.24) is 30.3 Å². The molecule has 0 radical (unpaired) electrons. The van der Waals surface area contributed by atoms with Gasteiger partial charge < -0.3 is 5.32 Å². The molecule has 8 nitrogen and oxygen atoms in total. The number of nitrogens with zero attached hydrogens (tertiary/aromatic N) is 4. The summed E-state index contributed by atoms with van der Waals surface area (Å²) in [6.07, 6.45) is 0.569. The second kappa shape index (κ2) is 8.05. The maximum absolute atomic E-state index is 12.8. The monoisotopic (exact) mass is 388 g/mol. The van der Waals surface area contributed by atoms with E-state index in [0.717, 1.165) is 16.6 Å². The zero-order chi connectivity index (χ0) is 20.2. The standard InChI is InChI=1S/C21H20N6O2/c1-14-23-19(25-24-14)12-22-20(28)13-27-21(29)17-10-6-5-9-16(17)18(26-27)11-15-7-3-2-4-8-15/h2-10H,11-13H2,1H3,(H,22,28)(H,23,24,25). The highest BCUT2D eigenvalue weighted by Crippen LogP contribution is 2.16. The molecule has 29 heavy (non-hydrogen) atoms. The van der Waals surface area contributed by atoms with Crippen molar-refractivity contribution >= 4 is 16.7 Å². The first-order chi connectivity index (χ1) is 14.1. The van der Waals surface area contributed by atoms with Crippen molar-refractivity contribution < 1.29 is 4.79 Å². The van der Waals surface area contributed by atoms with Crippen molar-refractivity contribution in [3.05, 3.63) is 87.9 Å². The Kier molecular flexibility index (Phi) is 5.15. The third kappa shape index (κ3) is 4.21.